The Morgan fingerprint density at radius 3 is 2.44 bits per heavy atom. The minimum atomic E-state index is -0.547. The fourth-order valence-electron chi connectivity index (χ4n) is 1.06. The van der Waals surface area contributed by atoms with Crippen molar-refractivity contribution in [2.24, 2.45) is 0 Å². The molecule has 1 aromatic carbocycles. The maximum Gasteiger partial charge on any atom is 0.330 e. The molecule has 16 heavy (non-hydrogen) atoms. The number of rotatable bonds is 4. The Bertz CT molecular complexity index is 404. The summed E-state index contributed by atoms with van der Waals surface area (Å²) in [4.78, 5) is 22.4. The van der Waals surface area contributed by atoms with E-state index < -0.39 is 5.97 Å². The largest absolute Gasteiger partial charge is 0.508 e. The second kappa shape index (κ2) is 5.70. The maximum atomic E-state index is 11.5. The van der Waals surface area contributed by atoms with Crippen LogP contribution in [0.15, 0.2) is 36.4 Å². The summed E-state index contributed by atoms with van der Waals surface area (Å²) in [7, 11) is 0. The van der Waals surface area contributed by atoms with Crippen LogP contribution < -0.4 is 0 Å². The van der Waals surface area contributed by atoms with Crippen LogP contribution in [0.1, 0.15) is 17.3 Å². The quantitative estimate of drug-likeness (QED) is 0.476. The van der Waals surface area contributed by atoms with Gasteiger partial charge in [0.2, 0.25) is 0 Å². The third-order valence-electron chi connectivity index (χ3n) is 1.81. The molecule has 0 atom stereocenters. The molecular weight excluding hydrogens is 208 g/mol. The van der Waals surface area contributed by atoms with E-state index in [4.69, 9.17) is 5.11 Å². The number of hydrogen-bond acceptors (Lipinski definition) is 4. The molecule has 0 unspecified atom stereocenters. The molecule has 84 valence electrons. The lowest BCUT2D eigenvalue weighted by Crippen LogP contribution is -2.01. The molecule has 0 radical (unpaired) electrons. The van der Waals surface area contributed by atoms with Crippen molar-refractivity contribution in [2.75, 3.05) is 6.61 Å². The molecule has 0 aliphatic carbocycles. The van der Waals surface area contributed by atoms with Gasteiger partial charge in [0.05, 0.1) is 6.61 Å². The number of esters is 1. The molecule has 0 bridgehead atoms. The molecule has 1 rings (SSSR count). The van der Waals surface area contributed by atoms with Crippen LogP contribution in [-0.2, 0) is 9.53 Å². The number of phenols is 1. The lowest BCUT2D eigenvalue weighted by Gasteiger charge is -1.96. The van der Waals surface area contributed by atoms with Crippen LogP contribution in [0.25, 0.3) is 0 Å². The number of ether oxygens (including phenoxy) is 1. The normalized spacial score (nSPS) is 10.3. The number of benzene rings is 1. The standard InChI is InChI=1S/C12H12O4/c1-2-16-12(15)8-7-11(14)9-3-5-10(13)6-4-9/h3-8,13H,2H2,1H3/b8-7+. The first kappa shape index (κ1) is 12.0. The van der Waals surface area contributed by atoms with E-state index in [2.05, 4.69) is 4.74 Å². The summed E-state index contributed by atoms with van der Waals surface area (Å²) >= 11 is 0. The number of hydrogen-bond donors (Lipinski definition) is 1. The first-order valence-electron chi connectivity index (χ1n) is 4.81. The van der Waals surface area contributed by atoms with Crippen molar-refractivity contribution >= 4 is 11.8 Å². The zero-order valence-electron chi connectivity index (χ0n) is 8.84. The van der Waals surface area contributed by atoms with Crippen molar-refractivity contribution in [1.82, 2.24) is 0 Å². The van der Waals surface area contributed by atoms with Crippen LogP contribution in [0.2, 0.25) is 0 Å². The number of ketones is 1. The Balaban J connectivity index is 2.65. The fourth-order valence-corrected chi connectivity index (χ4v) is 1.06. The smallest absolute Gasteiger partial charge is 0.330 e. The van der Waals surface area contributed by atoms with Crippen LogP contribution in [0.4, 0.5) is 0 Å². The van der Waals surface area contributed by atoms with Gasteiger partial charge in [-0.1, -0.05) is 0 Å². The van der Waals surface area contributed by atoms with E-state index in [1.54, 1.807) is 6.92 Å². The van der Waals surface area contributed by atoms with Crippen molar-refractivity contribution < 1.29 is 19.4 Å². The summed E-state index contributed by atoms with van der Waals surface area (Å²) in [5, 5.41) is 9.02. The zero-order chi connectivity index (χ0) is 12.0. The minimum absolute atomic E-state index is 0.0888. The first-order valence-corrected chi connectivity index (χ1v) is 4.81. The van der Waals surface area contributed by atoms with Crippen molar-refractivity contribution in [3.8, 4) is 5.75 Å². The van der Waals surface area contributed by atoms with E-state index in [0.717, 1.165) is 12.2 Å². The van der Waals surface area contributed by atoms with Gasteiger partial charge in [0.25, 0.3) is 0 Å². The highest BCUT2D eigenvalue weighted by Crippen LogP contribution is 2.10. The van der Waals surface area contributed by atoms with E-state index in [1.165, 1.54) is 24.3 Å². The zero-order valence-corrected chi connectivity index (χ0v) is 8.84. The molecule has 1 aromatic rings. The number of carbonyl (C=O) groups is 2. The molecule has 0 saturated carbocycles. The van der Waals surface area contributed by atoms with Gasteiger partial charge in [0, 0.05) is 11.6 Å². The minimum Gasteiger partial charge on any atom is -0.508 e. The van der Waals surface area contributed by atoms with Crippen molar-refractivity contribution in [3.63, 3.8) is 0 Å². The van der Waals surface area contributed by atoms with Crippen molar-refractivity contribution in [1.29, 1.82) is 0 Å². The van der Waals surface area contributed by atoms with Gasteiger partial charge in [-0.05, 0) is 37.3 Å². The third kappa shape index (κ3) is 3.57. The monoisotopic (exact) mass is 220 g/mol. The van der Waals surface area contributed by atoms with Gasteiger partial charge in [-0.3, -0.25) is 4.79 Å². The summed E-state index contributed by atoms with van der Waals surface area (Å²) in [5.74, 6) is -0.770. The van der Waals surface area contributed by atoms with Crippen LogP contribution in [0.3, 0.4) is 0 Å². The number of aromatic hydroxyl groups is 1. The highest BCUT2D eigenvalue weighted by Gasteiger charge is 2.02. The molecule has 4 nitrogen and oxygen atoms in total. The topological polar surface area (TPSA) is 63.6 Å². The molecule has 0 aromatic heterocycles. The molecule has 4 heteroatoms. The number of phenolic OH excluding ortho intramolecular Hbond substituents is 1. The van der Waals surface area contributed by atoms with Gasteiger partial charge in [0.15, 0.2) is 5.78 Å². The molecular formula is C12H12O4. The van der Waals surface area contributed by atoms with Crippen LogP contribution in [0, 0.1) is 0 Å². The van der Waals surface area contributed by atoms with Crippen LogP contribution >= 0.6 is 0 Å². The van der Waals surface area contributed by atoms with Crippen molar-refractivity contribution in [2.45, 2.75) is 6.92 Å². The molecule has 0 amide bonds. The fraction of sp³-hybridized carbons (Fsp3) is 0.167. The number of allylic oxidation sites excluding steroid dienone is 1. The van der Waals surface area contributed by atoms with Gasteiger partial charge in [-0.15, -0.1) is 0 Å². The van der Waals surface area contributed by atoms with E-state index in [-0.39, 0.29) is 18.1 Å². The first-order chi connectivity index (χ1) is 7.63. The lowest BCUT2D eigenvalue weighted by atomic mass is 10.1. The maximum absolute atomic E-state index is 11.5. The second-order valence-electron chi connectivity index (χ2n) is 3.00. The molecule has 0 aliphatic heterocycles. The lowest BCUT2D eigenvalue weighted by molar-refractivity contribution is -0.137. The summed E-state index contributed by atoms with van der Waals surface area (Å²) in [6.07, 6.45) is 2.23. The SMILES string of the molecule is CCOC(=O)/C=C/C(=O)c1ccc(O)cc1. The summed E-state index contributed by atoms with van der Waals surface area (Å²) in [5.41, 5.74) is 0.401. The average molecular weight is 220 g/mol. The Morgan fingerprint density at radius 1 is 1.25 bits per heavy atom. The highest BCUT2D eigenvalue weighted by atomic mass is 16.5. The Hall–Kier alpha value is -2.10. The summed E-state index contributed by atoms with van der Waals surface area (Å²) in [6.45, 7) is 1.96. The Kier molecular flexibility index (Phi) is 4.27. The molecule has 0 saturated heterocycles. The number of carbonyl (C=O) groups excluding carboxylic acids is 2. The van der Waals surface area contributed by atoms with Gasteiger partial charge >= 0.3 is 5.97 Å². The van der Waals surface area contributed by atoms with Crippen LogP contribution in [0.5, 0.6) is 5.75 Å². The third-order valence-corrected chi connectivity index (χ3v) is 1.81. The summed E-state index contributed by atoms with van der Waals surface area (Å²) < 4.78 is 4.63. The van der Waals surface area contributed by atoms with E-state index >= 15 is 0 Å². The van der Waals surface area contributed by atoms with E-state index in [1.807, 2.05) is 0 Å². The molecule has 0 aliphatic rings. The second-order valence-corrected chi connectivity index (χ2v) is 3.00. The summed E-state index contributed by atoms with van der Waals surface area (Å²) in [6, 6.07) is 5.77. The Morgan fingerprint density at radius 2 is 1.88 bits per heavy atom. The predicted molar refractivity (Wildman–Crippen MR) is 58.2 cm³/mol. The van der Waals surface area contributed by atoms with Gasteiger partial charge < -0.3 is 9.84 Å². The average Bonchev–Trinajstić information content (AvgIpc) is 2.27. The van der Waals surface area contributed by atoms with Gasteiger partial charge in [0.1, 0.15) is 5.75 Å². The predicted octanol–water partition coefficient (Wildman–Crippen LogP) is 1.69. The van der Waals surface area contributed by atoms with E-state index in [9.17, 15) is 9.59 Å². The van der Waals surface area contributed by atoms with Gasteiger partial charge in [-0.25, -0.2) is 4.79 Å². The van der Waals surface area contributed by atoms with E-state index in [0.29, 0.717) is 5.56 Å². The van der Waals surface area contributed by atoms with Crippen LogP contribution in [-0.4, -0.2) is 23.5 Å². The highest BCUT2D eigenvalue weighted by molar-refractivity contribution is 6.07. The molecule has 0 heterocycles. The molecule has 1 N–H and O–H groups in total. The molecule has 0 spiro atoms. The van der Waals surface area contributed by atoms with Crippen molar-refractivity contribution in [3.05, 3.63) is 42.0 Å². The van der Waals surface area contributed by atoms with Gasteiger partial charge in [-0.2, -0.15) is 0 Å². The molecule has 0 fully saturated rings. The Labute approximate surface area is 93.2 Å².